The van der Waals surface area contributed by atoms with Gasteiger partial charge in [-0.25, -0.2) is 9.37 Å². The normalized spacial score (nSPS) is 32.1. The summed E-state index contributed by atoms with van der Waals surface area (Å²) in [6, 6.07) is 2.63. The maximum atomic E-state index is 13.7. The van der Waals surface area contributed by atoms with Crippen LogP contribution < -0.4 is 5.32 Å². The summed E-state index contributed by atoms with van der Waals surface area (Å²) in [5.74, 6) is -0.964. The molecule has 3 aliphatic rings. The number of halogens is 2. The highest BCUT2D eigenvalue weighted by Gasteiger charge is 2.45. The smallest absolute Gasteiger partial charge is 0.306 e. The van der Waals surface area contributed by atoms with E-state index in [1.165, 1.54) is 12.1 Å². The lowest BCUT2D eigenvalue weighted by atomic mass is 9.62. The van der Waals surface area contributed by atoms with Crippen LogP contribution in [0.4, 0.5) is 10.2 Å². The molecule has 4 nitrogen and oxygen atoms in total. The Hall–Kier alpha value is -1.36. The Labute approximate surface area is 121 Å². The molecule has 4 unspecified atom stereocenters. The van der Waals surface area contributed by atoms with Gasteiger partial charge in [0.1, 0.15) is 5.15 Å². The molecule has 0 aromatic carbocycles. The Bertz CT molecular complexity index is 540. The van der Waals surface area contributed by atoms with Crippen LogP contribution in [0.2, 0.25) is 5.15 Å². The molecule has 1 aromatic heterocycles. The van der Waals surface area contributed by atoms with E-state index in [0.29, 0.717) is 5.92 Å². The average molecular weight is 299 g/mol. The first-order valence-electron chi connectivity index (χ1n) is 6.86. The Balaban J connectivity index is 1.80. The van der Waals surface area contributed by atoms with Crippen LogP contribution in [-0.2, 0) is 4.79 Å². The maximum Gasteiger partial charge on any atom is 0.306 e. The summed E-state index contributed by atoms with van der Waals surface area (Å²) in [5.41, 5.74) is 0. The summed E-state index contributed by atoms with van der Waals surface area (Å²) in [5, 5.41) is 12.6. The van der Waals surface area contributed by atoms with Gasteiger partial charge in [-0.15, -0.1) is 0 Å². The summed E-state index contributed by atoms with van der Waals surface area (Å²) >= 11 is 5.78. The second-order valence-corrected chi connectivity index (χ2v) is 6.13. The third-order valence-corrected chi connectivity index (χ3v) is 4.78. The van der Waals surface area contributed by atoms with Crippen LogP contribution in [0.1, 0.15) is 25.7 Å². The monoisotopic (exact) mass is 298 g/mol. The van der Waals surface area contributed by atoms with Gasteiger partial charge in [0.2, 0.25) is 0 Å². The van der Waals surface area contributed by atoms with Crippen molar-refractivity contribution in [1.82, 2.24) is 4.98 Å². The van der Waals surface area contributed by atoms with E-state index in [1.54, 1.807) is 0 Å². The van der Waals surface area contributed by atoms with Gasteiger partial charge in [-0.1, -0.05) is 11.6 Å². The van der Waals surface area contributed by atoms with Crippen molar-refractivity contribution in [3.8, 4) is 0 Å². The molecule has 0 radical (unpaired) electrons. The van der Waals surface area contributed by atoms with Gasteiger partial charge in [-0.2, -0.15) is 0 Å². The molecule has 1 aromatic rings. The highest BCUT2D eigenvalue weighted by atomic mass is 35.5. The van der Waals surface area contributed by atoms with Gasteiger partial charge < -0.3 is 10.4 Å². The van der Waals surface area contributed by atoms with Gasteiger partial charge in [0.15, 0.2) is 11.6 Å². The summed E-state index contributed by atoms with van der Waals surface area (Å²) in [6.45, 7) is 0. The van der Waals surface area contributed by atoms with E-state index in [4.69, 9.17) is 11.6 Å². The SMILES string of the molecule is O=C(O)C1CC2CCC1C(Nc1nc(Cl)ccc1F)C2. The molecule has 2 N–H and O–H groups in total. The number of fused-ring (bicyclic) bond motifs is 3. The first kappa shape index (κ1) is 13.6. The number of aromatic nitrogens is 1. The number of aliphatic carboxylic acids is 1. The Morgan fingerprint density at radius 3 is 2.90 bits per heavy atom. The van der Waals surface area contributed by atoms with E-state index in [-0.39, 0.29) is 28.8 Å². The van der Waals surface area contributed by atoms with Crippen LogP contribution >= 0.6 is 11.6 Å². The number of hydrogen-bond acceptors (Lipinski definition) is 3. The van der Waals surface area contributed by atoms with Crippen molar-refractivity contribution in [2.45, 2.75) is 31.7 Å². The lowest BCUT2D eigenvalue weighted by Crippen LogP contribution is -2.48. The number of carbonyl (C=O) groups is 1. The molecule has 0 saturated heterocycles. The molecule has 0 aliphatic heterocycles. The minimum atomic E-state index is -0.745. The van der Waals surface area contributed by atoms with E-state index in [9.17, 15) is 14.3 Å². The first-order valence-corrected chi connectivity index (χ1v) is 7.24. The molecule has 108 valence electrons. The third-order valence-electron chi connectivity index (χ3n) is 4.57. The number of carboxylic acids is 1. The van der Waals surface area contributed by atoms with Crippen LogP contribution in [0.5, 0.6) is 0 Å². The van der Waals surface area contributed by atoms with Gasteiger partial charge in [0.05, 0.1) is 5.92 Å². The first-order chi connectivity index (χ1) is 9.54. The van der Waals surface area contributed by atoms with E-state index in [1.807, 2.05) is 0 Å². The average Bonchev–Trinajstić information content (AvgIpc) is 2.43. The third kappa shape index (κ3) is 2.46. The van der Waals surface area contributed by atoms with Crippen molar-refractivity contribution < 1.29 is 14.3 Å². The molecule has 3 aliphatic carbocycles. The van der Waals surface area contributed by atoms with Gasteiger partial charge in [-0.3, -0.25) is 4.79 Å². The number of hydrogen-bond donors (Lipinski definition) is 2. The van der Waals surface area contributed by atoms with E-state index in [2.05, 4.69) is 10.3 Å². The highest BCUT2D eigenvalue weighted by molar-refractivity contribution is 6.29. The molecule has 4 rings (SSSR count). The van der Waals surface area contributed by atoms with Gasteiger partial charge >= 0.3 is 5.97 Å². The molecule has 2 bridgehead atoms. The second-order valence-electron chi connectivity index (χ2n) is 5.74. The number of nitrogens with one attached hydrogen (secondary N) is 1. The van der Waals surface area contributed by atoms with Crippen LogP contribution in [0.15, 0.2) is 12.1 Å². The van der Waals surface area contributed by atoms with Gasteiger partial charge in [0.25, 0.3) is 0 Å². The molecule has 1 heterocycles. The van der Waals surface area contributed by atoms with Gasteiger partial charge in [0, 0.05) is 6.04 Å². The van der Waals surface area contributed by atoms with Crippen LogP contribution in [-0.4, -0.2) is 22.1 Å². The minimum absolute atomic E-state index is 0.0379. The molecule has 20 heavy (non-hydrogen) atoms. The Morgan fingerprint density at radius 1 is 1.40 bits per heavy atom. The molecular formula is C14H16ClFN2O2. The van der Waals surface area contributed by atoms with Crippen LogP contribution in [0, 0.1) is 23.6 Å². The van der Waals surface area contributed by atoms with Crippen molar-refractivity contribution in [3.63, 3.8) is 0 Å². The maximum absolute atomic E-state index is 13.7. The molecular weight excluding hydrogens is 283 g/mol. The molecule has 6 heteroatoms. The predicted molar refractivity (Wildman–Crippen MR) is 73.2 cm³/mol. The topological polar surface area (TPSA) is 62.2 Å². The van der Waals surface area contributed by atoms with Gasteiger partial charge in [-0.05, 0) is 49.7 Å². The second kappa shape index (κ2) is 5.20. The van der Waals surface area contributed by atoms with Crippen molar-refractivity contribution in [3.05, 3.63) is 23.1 Å². The van der Waals surface area contributed by atoms with Crippen molar-refractivity contribution >= 4 is 23.4 Å². The fraction of sp³-hybridized carbons (Fsp3) is 0.571. The predicted octanol–water partition coefficient (Wildman–Crippen LogP) is 3.18. The van der Waals surface area contributed by atoms with Crippen LogP contribution in [0.3, 0.4) is 0 Å². The highest BCUT2D eigenvalue weighted by Crippen LogP contribution is 2.46. The zero-order valence-corrected chi connectivity index (χ0v) is 11.6. The van der Waals surface area contributed by atoms with E-state index < -0.39 is 11.8 Å². The quantitative estimate of drug-likeness (QED) is 0.841. The summed E-state index contributed by atoms with van der Waals surface area (Å²) in [7, 11) is 0. The van der Waals surface area contributed by atoms with Crippen LogP contribution in [0.25, 0.3) is 0 Å². The van der Waals surface area contributed by atoms with Crippen molar-refractivity contribution in [1.29, 1.82) is 0 Å². The molecule has 3 saturated carbocycles. The summed E-state index contributed by atoms with van der Waals surface area (Å²) in [4.78, 5) is 15.3. The largest absolute Gasteiger partial charge is 0.481 e. The number of rotatable bonds is 3. The van der Waals surface area contributed by atoms with E-state index in [0.717, 1.165) is 25.7 Å². The minimum Gasteiger partial charge on any atom is -0.481 e. The van der Waals surface area contributed by atoms with Crippen molar-refractivity contribution in [2.24, 2.45) is 17.8 Å². The summed E-state index contributed by atoms with van der Waals surface area (Å²) < 4.78 is 13.7. The number of nitrogens with zero attached hydrogens (tertiary/aromatic N) is 1. The molecule has 0 amide bonds. The fourth-order valence-corrected chi connectivity index (χ4v) is 3.80. The lowest BCUT2D eigenvalue weighted by molar-refractivity contribution is -0.147. The Kier molecular flexibility index (Phi) is 3.54. The Morgan fingerprint density at radius 2 is 2.20 bits per heavy atom. The zero-order valence-electron chi connectivity index (χ0n) is 10.9. The van der Waals surface area contributed by atoms with Crippen molar-refractivity contribution in [2.75, 3.05) is 5.32 Å². The molecule has 0 spiro atoms. The lowest BCUT2D eigenvalue weighted by Gasteiger charge is -2.46. The fourth-order valence-electron chi connectivity index (χ4n) is 3.66. The number of pyridine rings is 1. The molecule has 4 atom stereocenters. The zero-order chi connectivity index (χ0) is 14.3. The standard InChI is InChI=1S/C14H16ClFN2O2/c15-12-4-3-10(16)13(18-12)17-11-6-7-1-2-8(11)9(5-7)14(19)20/h3-4,7-9,11H,1-2,5-6H2,(H,17,18)(H,19,20). The number of carboxylic acid groups (broad SMARTS) is 1. The summed E-state index contributed by atoms with van der Waals surface area (Å²) in [6.07, 6.45) is 3.56. The van der Waals surface area contributed by atoms with E-state index >= 15 is 0 Å². The number of anilines is 1. The molecule has 3 fully saturated rings.